The highest BCUT2D eigenvalue weighted by atomic mass is 79.9. The first-order chi connectivity index (χ1) is 9.10. The Kier molecular flexibility index (Phi) is 4.96. The van der Waals surface area contributed by atoms with Crippen molar-refractivity contribution < 1.29 is 9.13 Å². The molecule has 1 atom stereocenters. The Hall–Kier alpha value is -0.910. The fraction of sp³-hybridized carbons (Fsp3) is 0.286. The summed E-state index contributed by atoms with van der Waals surface area (Å²) < 4.78 is 20.0. The van der Waals surface area contributed by atoms with Gasteiger partial charge in [-0.25, -0.2) is 4.39 Å². The first-order valence-corrected chi connectivity index (χ1v) is 7.52. The Morgan fingerprint density at radius 2 is 2.16 bits per heavy atom. The smallest absolute Gasteiger partial charge is 0.131 e. The van der Waals surface area contributed by atoms with E-state index in [-0.39, 0.29) is 11.9 Å². The lowest BCUT2D eigenvalue weighted by Crippen LogP contribution is -2.18. The predicted molar refractivity (Wildman–Crippen MR) is 80.2 cm³/mol. The molecule has 1 N–H and O–H groups in total. The maximum absolute atomic E-state index is 13.9. The van der Waals surface area contributed by atoms with Crippen molar-refractivity contribution >= 4 is 27.3 Å². The van der Waals surface area contributed by atoms with E-state index < -0.39 is 0 Å². The third kappa shape index (κ3) is 3.78. The minimum Gasteiger partial charge on any atom is -0.497 e. The first kappa shape index (κ1) is 14.5. The van der Waals surface area contributed by atoms with Crippen molar-refractivity contribution in [1.82, 2.24) is 5.32 Å². The molecule has 1 aromatic heterocycles. The Bertz CT molecular complexity index is 558. The normalized spacial score (nSPS) is 12.4. The van der Waals surface area contributed by atoms with Crippen molar-refractivity contribution in [1.29, 1.82) is 0 Å². The maximum Gasteiger partial charge on any atom is 0.131 e. The van der Waals surface area contributed by atoms with Crippen molar-refractivity contribution in [2.24, 2.45) is 0 Å². The molecule has 102 valence electrons. The number of ether oxygens (including phenoxy) is 1. The van der Waals surface area contributed by atoms with Crippen molar-refractivity contribution in [3.8, 4) is 5.75 Å². The van der Waals surface area contributed by atoms with Crippen LogP contribution in [0.5, 0.6) is 5.75 Å². The molecule has 0 saturated carbocycles. The van der Waals surface area contributed by atoms with Crippen LogP contribution in [0.3, 0.4) is 0 Å². The summed E-state index contributed by atoms with van der Waals surface area (Å²) in [5, 5.41) is 3.32. The molecule has 0 aliphatic heterocycles. The number of methoxy groups -OCH3 is 1. The summed E-state index contributed by atoms with van der Waals surface area (Å²) in [6.07, 6.45) is 0. The van der Waals surface area contributed by atoms with Gasteiger partial charge in [-0.05, 0) is 41.1 Å². The zero-order chi connectivity index (χ0) is 13.8. The molecular formula is C14H15BrFNOS. The van der Waals surface area contributed by atoms with Crippen LogP contribution in [0, 0.1) is 5.82 Å². The number of hydrogen-bond donors (Lipinski definition) is 1. The van der Waals surface area contributed by atoms with E-state index in [1.54, 1.807) is 23.5 Å². The van der Waals surface area contributed by atoms with Crippen LogP contribution in [0.25, 0.3) is 0 Å². The molecule has 0 aliphatic rings. The second-order valence-corrected chi connectivity index (χ2v) is 6.74. The average molecular weight is 344 g/mol. The largest absolute Gasteiger partial charge is 0.497 e. The minimum atomic E-state index is -0.244. The van der Waals surface area contributed by atoms with E-state index in [4.69, 9.17) is 4.74 Å². The quantitative estimate of drug-likeness (QED) is 0.862. The zero-order valence-corrected chi connectivity index (χ0v) is 13.1. The first-order valence-electron chi connectivity index (χ1n) is 5.91. The van der Waals surface area contributed by atoms with Crippen molar-refractivity contribution in [3.05, 3.63) is 50.4 Å². The number of nitrogens with one attached hydrogen (secondary N) is 1. The Balaban J connectivity index is 2.01. The summed E-state index contributed by atoms with van der Waals surface area (Å²) in [6.45, 7) is 2.68. The maximum atomic E-state index is 13.9. The summed E-state index contributed by atoms with van der Waals surface area (Å²) in [5.41, 5.74) is 0.649. The summed E-state index contributed by atoms with van der Waals surface area (Å²) in [5.74, 6) is 0.294. The van der Waals surface area contributed by atoms with E-state index in [1.807, 2.05) is 13.0 Å². The third-order valence-electron chi connectivity index (χ3n) is 2.89. The van der Waals surface area contributed by atoms with Gasteiger partial charge in [0.15, 0.2) is 0 Å². The zero-order valence-electron chi connectivity index (χ0n) is 10.7. The van der Waals surface area contributed by atoms with Gasteiger partial charge in [-0.1, -0.05) is 6.07 Å². The molecule has 0 bridgehead atoms. The molecule has 5 heteroatoms. The molecule has 0 radical (unpaired) electrons. The SMILES string of the molecule is COc1ccc(C(C)NCc2ccc(Br)s2)c(F)c1. The monoisotopic (exact) mass is 343 g/mol. The van der Waals surface area contributed by atoms with Gasteiger partial charge in [-0.3, -0.25) is 0 Å². The van der Waals surface area contributed by atoms with Crippen LogP contribution in [0.15, 0.2) is 34.1 Å². The van der Waals surface area contributed by atoms with Gasteiger partial charge in [0.2, 0.25) is 0 Å². The van der Waals surface area contributed by atoms with Crippen LogP contribution in [0.4, 0.5) is 4.39 Å². The topological polar surface area (TPSA) is 21.3 Å². The second kappa shape index (κ2) is 6.50. The van der Waals surface area contributed by atoms with E-state index in [2.05, 4.69) is 27.3 Å². The molecule has 0 amide bonds. The summed E-state index contributed by atoms with van der Waals surface area (Å²) in [6, 6.07) is 8.97. The molecule has 1 heterocycles. The van der Waals surface area contributed by atoms with E-state index in [0.717, 1.165) is 10.3 Å². The van der Waals surface area contributed by atoms with Gasteiger partial charge in [-0.2, -0.15) is 0 Å². The van der Waals surface area contributed by atoms with Crippen molar-refractivity contribution in [3.63, 3.8) is 0 Å². The van der Waals surface area contributed by atoms with Gasteiger partial charge in [0.05, 0.1) is 10.9 Å². The molecule has 19 heavy (non-hydrogen) atoms. The van der Waals surface area contributed by atoms with E-state index in [9.17, 15) is 4.39 Å². The number of thiophene rings is 1. The lowest BCUT2D eigenvalue weighted by molar-refractivity contribution is 0.409. The standard InChI is InChI=1S/C14H15BrFNOS/c1-9(17-8-11-4-6-14(15)19-11)12-5-3-10(18-2)7-13(12)16/h3-7,9,17H,8H2,1-2H3. The van der Waals surface area contributed by atoms with Crippen LogP contribution in [0.1, 0.15) is 23.4 Å². The molecule has 2 rings (SSSR count). The van der Waals surface area contributed by atoms with Gasteiger partial charge in [-0.15, -0.1) is 11.3 Å². The van der Waals surface area contributed by atoms with Crippen LogP contribution in [-0.4, -0.2) is 7.11 Å². The van der Waals surface area contributed by atoms with Crippen LogP contribution >= 0.6 is 27.3 Å². The number of hydrogen-bond acceptors (Lipinski definition) is 3. The van der Waals surface area contributed by atoms with Crippen molar-refractivity contribution in [2.45, 2.75) is 19.5 Å². The molecule has 2 nitrogen and oxygen atoms in total. The highest BCUT2D eigenvalue weighted by molar-refractivity contribution is 9.11. The number of benzene rings is 1. The van der Waals surface area contributed by atoms with Crippen LogP contribution in [0.2, 0.25) is 0 Å². The Labute approximate surface area is 124 Å². The van der Waals surface area contributed by atoms with Crippen LogP contribution < -0.4 is 10.1 Å². The summed E-state index contributed by atoms with van der Waals surface area (Å²) in [4.78, 5) is 1.22. The average Bonchev–Trinajstić information content (AvgIpc) is 2.81. The highest BCUT2D eigenvalue weighted by Gasteiger charge is 2.11. The molecule has 2 aromatic rings. The van der Waals surface area contributed by atoms with Gasteiger partial charge >= 0.3 is 0 Å². The minimum absolute atomic E-state index is 0.0493. The molecule has 1 aromatic carbocycles. The molecule has 0 saturated heterocycles. The fourth-order valence-corrected chi connectivity index (χ4v) is 3.23. The second-order valence-electron chi connectivity index (χ2n) is 4.20. The van der Waals surface area contributed by atoms with Gasteiger partial charge < -0.3 is 10.1 Å². The van der Waals surface area contributed by atoms with Gasteiger partial charge in [0.1, 0.15) is 11.6 Å². The fourth-order valence-electron chi connectivity index (χ4n) is 1.80. The van der Waals surface area contributed by atoms with E-state index >= 15 is 0 Å². The molecule has 0 fully saturated rings. The van der Waals surface area contributed by atoms with Gasteiger partial charge in [0.25, 0.3) is 0 Å². The van der Waals surface area contributed by atoms with Crippen LogP contribution in [-0.2, 0) is 6.54 Å². The third-order valence-corrected chi connectivity index (χ3v) is 4.51. The molecular weight excluding hydrogens is 329 g/mol. The lowest BCUT2D eigenvalue weighted by atomic mass is 10.1. The number of halogens is 2. The number of rotatable bonds is 5. The molecule has 0 spiro atoms. The van der Waals surface area contributed by atoms with E-state index in [0.29, 0.717) is 11.3 Å². The molecule has 0 aliphatic carbocycles. The lowest BCUT2D eigenvalue weighted by Gasteiger charge is -2.15. The summed E-state index contributed by atoms with van der Waals surface area (Å²) >= 11 is 5.10. The molecule has 1 unspecified atom stereocenters. The summed E-state index contributed by atoms with van der Waals surface area (Å²) in [7, 11) is 1.53. The van der Waals surface area contributed by atoms with Gasteiger partial charge in [0, 0.05) is 29.1 Å². The Morgan fingerprint density at radius 1 is 1.37 bits per heavy atom. The van der Waals surface area contributed by atoms with E-state index in [1.165, 1.54) is 18.1 Å². The Morgan fingerprint density at radius 3 is 2.74 bits per heavy atom. The predicted octanol–water partition coefficient (Wildman–Crippen LogP) is 4.51. The van der Waals surface area contributed by atoms with Crippen molar-refractivity contribution in [2.75, 3.05) is 7.11 Å². The highest BCUT2D eigenvalue weighted by Crippen LogP contribution is 2.24.